The first-order valence-corrected chi connectivity index (χ1v) is 8.67. The van der Waals surface area contributed by atoms with Gasteiger partial charge in [-0.3, -0.25) is 0 Å². The molecule has 1 heterocycles. The van der Waals surface area contributed by atoms with E-state index in [1.807, 2.05) is 20.8 Å². The van der Waals surface area contributed by atoms with Crippen LogP contribution < -0.4 is 4.72 Å². The molecule has 7 heteroatoms. The van der Waals surface area contributed by atoms with Gasteiger partial charge in [-0.25, -0.2) is 13.1 Å². The fourth-order valence-corrected chi connectivity index (χ4v) is 5.10. The zero-order valence-corrected chi connectivity index (χ0v) is 14.1. The molecule has 0 unspecified atom stereocenters. The second kappa shape index (κ2) is 6.00. The zero-order chi connectivity index (χ0) is 14.0. The van der Waals surface area contributed by atoms with Crippen molar-refractivity contribution in [3.05, 3.63) is 14.7 Å². The van der Waals surface area contributed by atoms with Crippen LogP contribution in [0.1, 0.15) is 25.6 Å². The quantitative estimate of drug-likeness (QED) is 0.853. The smallest absolute Gasteiger partial charge is 0.241 e. The highest BCUT2D eigenvalue weighted by Gasteiger charge is 2.24. The Kier molecular flexibility index (Phi) is 5.37. The average molecular weight is 356 g/mol. The molecule has 18 heavy (non-hydrogen) atoms. The maximum absolute atomic E-state index is 12.1. The van der Waals surface area contributed by atoms with Crippen LogP contribution in [0, 0.1) is 6.92 Å². The lowest BCUT2D eigenvalue weighted by Gasteiger charge is -2.24. The molecule has 0 amide bonds. The summed E-state index contributed by atoms with van der Waals surface area (Å²) in [5.41, 5.74) is -0.511. The van der Waals surface area contributed by atoms with E-state index in [1.54, 1.807) is 13.0 Å². The topological polar surface area (TPSA) is 55.4 Å². The average Bonchev–Trinajstić information content (AvgIpc) is 2.56. The molecule has 1 rings (SSSR count). The number of rotatable bonds is 6. The molecular weight excluding hydrogens is 338 g/mol. The molecule has 0 spiro atoms. The maximum Gasteiger partial charge on any atom is 0.241 e. The highest BCUT2D eigenvalue weighted by atomic mass is 79.9. The summed E-state index contributed by atoms with van der Waals surface area (Å²) >= 11 is 4.70. The molecule has 0 saturated heterocycles. The molecule has 0 saturated carbocycles. The minimum Gasteiger partial charge on any atom is -0.375 e. The first-order valence-electron chi connectivity index (χ1n) is 5.57. The lowest BCUT2D eigenvalue weighted by molar-refractivity contribution is -0.00515. The first-order chi connectivity index (χ1) is 8.18. The van der Waals surface area contributed by atoms with Crippen molar-refractivity contribution in [2.24, 2.45) is 0 Å². The second-order valence-corrected chi connectivity index (χ2v) is 8.86. The van der Waals surface area contributed by atoms with Crippen molar-refractivity contribution >= 4 is 37.3 Å². The molecule has 0 aromatic carbocycles. The van der Waals surface area contributed by atoms with Crippen molar-refractivity contribution in [3.8, 4) is 0 Å². The molecule has 1 aromatic heterocycles. The standard InChI is InChI=1S/C11H18BrNO3S2/c1-5-16-11(3,4)7-13-18(14,15)9-6-10(12)17-8(9)2/h6,13H,5,7H2,1-4H3. The van der Waals surface area contributed by atoms with Gasteiger partial charge in [0.2, 0.25) is 10.0 Å². The molecule has 4 nitrogen and oxygen atoms in total. The molecular formula is C11H18BrNO3S2. The lowest BCUT2D eigenvalue weighted by Crippen LogP contribution is -2.40. The van der Waals surface area contributed by atoms with Crippen LogP contribution in [-0.2, 0) is 14.8 Å². The van der Waals surface area contributed by atoms with Crippen molar-refractivity contribution in [2.45, 2.75) is 38.2 Å². The molecule has 1 aromatic rings. The summed E-state index contributed by atoms with van der Waals surface area (Å²) in [5, 5.41) is 0. The normalized spacial score (nSPS) is 12.9. The van der Waals surface area contributed by atoms with Crippen molar-refractivity contribution in [3.63, 3.8) is 0 Å². The summed E-state index contributed by atoms with van der Waals surface area (Å²) in [7, 11) is -3.47. The van der Waals surface area contributed by atoms with Crippen LogP contribution in [0.4, 0.5) is 0 Å². The van der Waals surface area contributed by atoms with Crippen LogP contribution >= 0.6 is 27.3 Å². The molecule has 0 atom stereocenters. The Hall–Kier alpha value is 0.0500. The molecule has 0 aliphatic carbocycles. The van der Waals surface area contributed by atoms with Crippen molar-refractivity contribution in [1.82, 2.24) is 4.72 Å². The predicted octanol–water partition coefficient (Wildman–Crippen LogP) is 2.91. The summed E-state index contributed by atoms with van der Waals surface area (Å²) in [6.07, 6.45) is 0. The third-order valence-electron chi connectivity index (χ3n) is 2.35. The van der Waals surface area contributed by atoms with Crippen LogP contribution in [0.15, 0.2) is 14.7 Å². The van der Waals surface area contributed by atoms with Gasteiger partial charge in [0.25, 0.3) is 0 Å². The largest absolute Gasteiger partial charge is 0.375 e. The Labute approximate surface area is 121 Å². The van der Waals surface area contributed by atoms with E-state index >= 15 is 0 Å². The van der Waals surface area contributed by atoms with Crippen LogP contribution in [0.5, 0.6) is 0 Å². The minimum atomic E-state index is -3.47. The maximum atomic E-state index is 12.1. The number of halogens is 1. The molecule has 1 N–H and O–H groups in total. The van der Waals surface area contributed by atoms with Gasteiger partial charge in [0.15, 0.2) is 0 Å². The highest BCUT2D eigenvalue weighted by molar-refractivity contribution is 9.11. The Morgan fingerprint density at radius 3 is 2.56 bits per heavy atom. The van der Waals surface area contributed by atoms with Gasteiger partial charge in [0.05, 0.1) is 14.3 Å². The van der Waals surface area contributed by atoms with Crippen molar-refractivity contribution < 1.29 is 13.2 Å². The van der Waals surface area contributed by atoms with E-state index in [4.69, 9.17) is 4.74 Å². The predicted molar refractivity (Wildman–Crippen MR) is 77.6 cm³/mol. The Morgan fingerprint density at radius 1 is 1.50 bits per heavy atom. The van der Waals surface area contributed by atoms with E-state index in [9.17, 15) is 8.42 Å². The molecule has 0 aliphatic heterocycles. The number of ether oxygens (including phenoxy) is 1. The Morgan fingerprint density at radius 2 is 2.11 bits per heavy atom. The van der Waals surface area contributed by atoms with Crippen LogP contribution in [0.2, 0.25) is 0 Å². The fourth-order valence-electron chi connectivity index (χ4n) is 1.49. The molecule has 0 fully saturated rings. The summed E-state index contributed by atoms with van der Waals surface area (Å²) in [4.78, 5) is 1.09. The highest BCUT2D eigenvalue weighted by Crippen LogP contribution is 2.29. The monoisotopic (exact) mass is 355 g/mol. The van der Waals surface area contributed by atoms with Crippen molar-refractivity contribution in [2.75, 3.05) is 13.2 Å². The van der Waals surface area contributed by atoms with Crippen LogP contribution in [-0.4, -0.2) is 27.2 Å². The summed E-state index contributed by atoms with van der Waals surface area (Å²) in [5.74, 6) is 0. The molecule has 0 bridgehead atoms. The fraction of sp³-hybridized carbons (Fsp3) is 0.636. The summed E-state index contributed by atoms with van der Waals surface area (Å²) in [6.45, 7) is 8.19. The lowest BCUT2D eigenvalue weighted by atomic mass is 10.1. The van der Waals surface area contributed by atoms with Gasteiger partial charge in [-0.05, 0) is 49.7 Å². The number of sulfonamides is 1. The van der Waals surface area contributed by atoms with E-state index in [-0.39, 0.29) is 6.54 Å². The number of aryl methyl sites for hydroxylation is 1. The molecule has 0 aliphatic rings. The number of hydrogen-bond acceptors (Lipinski definition) is 4. The summed E-state index contributed by atoms with van der Waals surface area (Å²) in [6, 6.07) is 1.62. The molecule has 0 radical (unpaired) electrons. The third kappa shape index (κ3) is 4.31. The van der Waals surface area contributed by atoms with Gasteiger partial charge < -0.3 is 4.74 Å². The van der Waals surface area contributed by atoms with Gasteiger partial charge in [-0.2, -0.15) is 0 Å². The van der Waals surface area contributed by atoms with E-state index < -0.39 is 15.6 Å². The van der Waals surface area contributed by atoms with Gasteiger partial charge in [0, 0.05) is 18.0 Å². The number of nitrogens with one attached hydrogen (secondary N) is 1. The Bertz CT molecular complexity index is 508. The molecule has 104 valence electrons. The Balaban J connectivity index is 2.81. The second-order valence-electron chi connectivity index (χ2n) is 4.49. The third-order valence-corrected chi connectivity index (χ3v) is 5.56. The SMILES string of the molecule is CCOC(C)(C)CNS(=O)(=O)c1cc(Br)sc1C. The van der Waals surface area contributed by atoms with Gasteiger partial charge >= 0.3 is 0 Å². The van der Waals surface area contributed by atoms with Gasteiger partial charge in [-0.1, -0.05) is 0 Å². The minimum absolute atomic E-state index is 0.246. The zero-order valence-electron chi connectivity index (χ0n) is 10.9. The first kappa shape index (κ1) is 16.1. The number of hydrogen-bond donors (Lipinski definition) is 1. The van der Waals surface area contributed by atoms with Crippen LogP contribution in [0.25, 0.3) is 0 Å². The van der Waals surface area contributed by atoms with E-state index in [0.717, 1.165) is 8.66 Å². The van der Waals surface area contributed by atoms with Gasteiger partial charge in [-0.15, -0.1) is 11.3 Å². The van der Waals surface area contributed by atoms with Gasteiger partial charge in [0.1, 0.15) is 0 Å². The van der Waals surface area contributed by atoms with Crippen molar-refractivity contribution in [1.29, 1.82) is 0 Å². The number of thiophene rings is 1. The summed E-state index contributed by atoms with van der Waals surface area (Å²) < 4.78 is 33.1. The van der Waals surface area contributed by atoms with E-state index in [1.165, 1.54) is 11.3 Å². The van der Waals surface area contributed by atoms with Crippen LogP contribution in [0.3, 0.4) is 0 Å². The van der Waals surface area contributed by atoms with E-state index in [0.29, 0.717) is 11.5 Å². The van der Waals surface area contributed by atoms with E-state index in [2.05, 4.69) is 20.7 Å².